The normalized spacial score (nSPS) is 18.2. The molecular weight excluding hydrogens is 536 g/mol. The van der Waals surface area contributed by atoms with Crippen molar-refractivity contribution in [2.45, 2.75) is 132 Å². The highest BCUT2D eigenvalue weighted by molar-refractivity contribution is 5.09. The SMILES string of the molecule is COC(C)(C)C/C=C\C(C)C/C=C/C(C)C/C=C/C(C)/C=C/C=C/C(C)C/C=C/C(C)CCCC(C)/C=C/CC(C)(C)OC. The van der Waals surface area contributed by atoms with Crippen LogP contribution in [0.15, 0.2) is 85.1 Å². The first-order chi connectivity index (χ1) is 20.7. The Labute approximate surface area is 275 Å². The Morgan fingerprint density at radius 1 is 0.455 bits per heavy atom. The highest BCUT2D eigenvalue weighted by atomic mass is 16.5. The summed E-state index contributed by atoms with van der Waals surface area (Å²) in [7, 11) is 3.57. The maximum atomic E-state index is 5.50. The molecule has 0 aliphatic heterocycles. The lowest BCUT2D eigenvalue weighted by Gasteiger charge is -2.20. The number of hydrogen-bond acceptors (Lipinski definition) is 2. The Hall–Kier alpha value is -1.90. The van der Waals surface area contributed by atoms with Crippen molar-refractivity contribution in [3.63, 3.8) is 0 Å². The van der Waals surface area contributed by atoms with Gasteiger partial charge in [-0.3, -0.25) is 0 Å². The molecule has 0 aliphatic rings. The molecule has 0 aromatic heterocycles. The van der Waals surface area contributed by atoms with Crippen LogP contribution in [0.3, 0.4) is 0 Å². The summed E-state index contributed by atoms with van der Waals surface area (Å²) in [5, 5.41) is 0. The molecule has 0 fully saturated rings. The number of allylic oxidation sites excluding steroid dienone is 12. The molecule has 0 aromatic rings. The number of rotatable bonds is 24. The minimum Gasteiger partial charge on any atom is -0.378 e. The van der Waals surface area contributed by atoms with Crippen molar-refractivity contribution in [1.29, 1.82) is 0 Å². The molecule has 0 spiro atoms. The average Bonchev–Trinajstić information content (AvgIpc) is 2.95. The molecule has 2 heteroatoms. The summed E-state index contributed by atoms with van der Waals surface area (Å²) in [4.78, 5) is 0. The van der Waals surface area contributed by atoms with Crippen molar-refractivity contribution in [1.82, 2.24) is 0 Å². The third kappa shape index (κ3) is 25.4. The molecule has 2 nitrogen and oxygen atoms in total. The van der Waals surface area contributed by atoms with E-state index in [0.717, 1.165) is 32.1 Å². The number of methoxy groups -OCH3 is 2. The van der Waals surface area contributed by atoms with E-state index in [4.69, 9.17) is 9.47 Å². The molecule has 252 valence electrons. The third-order valence-electron chi connectivity index (χ3n) is 8.43. The van der Waals surface area contributed by atoms with E-state index < -0.39 is 0 Å². The van der Waals surface area contributed by atoms with Gasteiger partial charge in [-0.15, -0.1) is 0 Å². The van der Waals surface area contributed by atoms with Crippen molar-refractivity contribution in [2.24, 2.45) is 35.5 Å². The Bertz CT molecular complexity index is 910. The van der Waals surface area contributed by atoms with Gasteiger partial charge in [0.2, 0.25) is 0 Å². The second-order valence-electron chi connectivity index (χ2n) is 14.6. The second-order valence-corrected chi connectivity index (χ2v) is 14.6. The van der Waals surface area contributed by atoms with Crippen LogP contribution in [0.1, 0.15) is 121 Å². The molecule has 0 heterocycles. The van der Waals surface area contributed by atoms with E-state index >= 15 is 0 Å². The van der Waals surface area contributed by atoms with Crippen LogP contribution in [0.2, 0.25) is 0 Å². The minimum atomic E-state index is -0.0787. The van der Waals surface area contributed by atoms with E-state index in [0.29, 0.717) is 35.5 Å². The molecule has 0 aromatic carbocycles. The highest BCUT2D eigenvalue weighted by Gasteiger charge is 2.14. The van der Waals surface area contributed by atoms with Crippen LogP contribution in [-0.2, 0) is 9.47 Å². The summed E-state index contributed by atoms with van der Waals surface area (Å²) in [5.41, 5.74) is -0.143. The van der Waals surface area contributed by atoms with Crippen LogP contribution in [0.5, 0.6) is 0 Å². The molecule has 0 saturated heterocycles. The van der Waals surface area contributed by atoms with E-state index in [-0.39, 0.29) is 11.2 Å². The van der Waals surface area contributed by atoms with Crippen LogP contribution in [-0.4, -0.2) is 25.4 Å². The van der Waals surface area contributed by atoms with Crippen molar-refractivity contribution in [3.8, 4) is 0 Å². The zero-order valence-corrected chi connectivity index (χ0v) is 31.0. The van der Waals surface area contributed by atoms with Gasteiger partial charge in [0, 0.05) is 14.2 Å². The number of ether oxygens (including phenoxy) is 2. The molecule has 0 aliphatic carbocycles. The van der Waals surface area contributed by atoms with Gasteiger partial charge in [0.25, 0.3) is 0 Å². The van der Waals surface area contributed by atoms with E-state index in [9.17, 15) is 0 Å². The smallest absolute Gasteiger partial charge is 0.0657 e. The lowest BCUT2D eigenvalue weighted by Crippen LogP contribution is -2.20. The van der Waals surface area contributed by atoms with Gasteiger partial charge in [0.15, 0.2) is 0 Å². The Kier molecular flexibility index (Phi) is 23.3. The fourth-order valence-corrected chi connectivity index (χ4v) is 4.64. The summed E-state index contributed by atoms with van der Waals surface area (Å²) < 4.78 is 11.0. The molecule has 6 atom stereocenters. The summed E-state index contributed by atoms with van der Waals surface area (Å²) >= 11 is 0. The van der Waals surface area contributed by atoms with E-state index in [1.54, 1.807) is 14.2 Å². The quantitative estimate of drug-likeness (QED) is 0.0801. The van der Waals surface area contributed by atoms with Gasteiger partial charge < -0.3 is 9.47 Å². The van der Waals surface area contributed by atoms with E-state index in [1.165, 1.54) is 19.3 Å². The predicted molar refractivity (Wildman–Crippen MR) is 198 cm³/mol. The third-order valence-corrected chi connectivity index (χ3v) is 8.43. The van der Waals surface area contributed by atoms with E-state index in [2.05, 4.69) is 154 Å². The maximum Gasteiger partial charge on any atom is 0.0657 e. The molecule has 0 saturated carbocycles. The van der Waals surface area contributed by atoms with Gasteiger partial charge in [-0.05, 0) is 108 Å². The molecule has 0 amide bonds. The van der Waals surface area contributed by atoms with Crippen LogP contribution < -0.4 is 0 Å². The van der Waals surface area contributed by atoms with E-state index in [1.807, 2.05) is 0 Å². The van der Waals surface area contributed by atoms with Gasteiger partial charge in [-0.25, -0.2) is 0 Å². The predicted octanol–water partition coefficient (Wildman–Crippen LogP) is 12.7. The zero-order valence-electron chi connectivity index (χ0n) is 31.0. The molecular formula is C42H72O2. The monoisotopic (exact) mass is 609 g/mol. The van der Waals surface area contributed by atoms with Gasteiger partial charge in [-0.1, -0.05) is 133 Å². The highest BCUT2D eigenvalue weighted by Crippen LogP contribution is 2.19. The van der Waals surface area contributed by atoms with Gasteiger partial charge in [0.05, 0.1) is 11.2 Å². The lowest BCUT2D eigenvalue weighted by molar-refractivity contribution is 0.0251. The Morgan fingerprint density at radius 2 is 0.818 bits per heavy atom. The topological polar surface area (TPSA) is 18.5 Å². The van der Waals surface area contributed by atoms with Crippen LogP contribution in [0.25, 0.3) is 0 Å². The summed E-state index contributed by atoms with van der Waals surface area (Å²) in [6, 6.07) is 0. The fraction of sp³-hybridized carbons (Fsp3) is 0.667. The first kappa shape index (κ1) is 42.1. The second kappa shape index (κ2) is 24.3. The van der Waals surface area contributed by atoms with Crippen molar-refractivity contribution in [3.05, 3.63) is 85.1 Å². The van der Waals surface area contributed by atoms with Crippen LogP contribution in [0.4, 0.5) is 0 Å². The van der Waals surface area contributed by atoms with Gasteiger partial charge in [0.1, 0.15) is 0 Å². The largest absolute Gasteiger partial charge is 0.378 e. The first-order valence-corrected chi connectivity index (χ1v) is 17.5. The van der Waals surface area contributed by atoms with Crippen LogP contribution in [0, 0.1) is 35.5 Å². The standard InChI is InChI=1S/C42H72O2/c1-35(23-15-25-37(3)27-17-29-39(5)31-19-33-41(7,8)43-11)21-13-14-22-36(2)24-16-26-38(4)28-18-30-40(6)32-20-34-42(9,10)44-12/h13-17,19-23,26-27,31-32,35-40H,18,24-25,28-30,33-34H2,1-12H3/b21-13+,22-14+,23-15+,26-16+,27-17+,31-19-,32-20+. The van der Waals surface area contributed by atoms with Crippen LogP contribution >= 0.6 is 0 Å². The molecule has 0 rings (SSSR count). The fourth-order valence-electron chi connectivity index (χ4n) is 4.64. The number of hydrogen-bond donors (Lipinski definition) is 0. The summed E-state index contributed by atoms with van der Waals surface area (Å²) in [6.45, 7) is 22.3. The Balaban J connectivity index is 4.22. The summed E-state index contributed by atoms with van der Waals surface area (Å²) in [6.07, 6.45) is 41.4. The molecule has 6 unspecified atom stereocenters. The van der Waals surface area contributed by atoms with Gasteiger partial charge in [-0.2, -0.15) is 0 Å². The van der Waals surface area contributed by atoms with Crippen molar-refractivity contribution >= 4 is 0 Å². The maximum absolute atomic E-state index is 5.50. The zero-order chi connectivity index (χ0) is 33.4. The lowest BCUT2D eigenvalue weighted by atomic mass is 9.96. The molecule has 0 radical (unpaired) electrons. The molecule has 0 N–H and O–H groups in total. The van der Waals surface area contributed by atoms with Crippen molar-refractivity contribution < 1.29 is 9.47 Å². The summed E-state index contributed by atoms with van der Waals surface area (Å²) in [5.74, 6) is 3.40. The average molecular weight is 609 g/mol. The minimum absolute atomic E-state index is 0.0643. The Morgan fingerprint density at radius 3 is 1.30 bits per heavy atom. The molecule has 0 bridgehead atoms. The molecule has 44 heavy (non-hydrogen) atoms. The van der Waals surface area contributed by atoms with Crippen molar-refractivity contribution in [2.75, 3.05) is 14.2 Å². The van der Waals surface area contributed by atoms with Gasteiger partial charge >= 0.3 is 0 Å². The first-order valence-electron chi connectivity index (χ1n) is 17.5.